The Bertz CT molecular complexity index is 596. The Morgan fingerprint density at radius 1 is 1.32 bits per heavy atom. The average Bonchev–Trinajstić information content (AvgIpc) is 2.70. The minimum Gasteiger partial charge on any atom is -0.398 e. The summed E-state index contributed by atoms with van der Waals surface area (Å²) in [6.45, 7) is 2.46. The van der Waals surface area contributed by atoms with Gasteiger partial charge >= 0.3 is 0 Å². The van der Waals surface area contributed by atoms with E-state index in [4.69, 9.17) is 5.73 Å². The van der Waals surface area contributed by atoms with Crippen molar-refractivity contribution in [3.8, 4) is 0 Å². The number of aromatic nitrogens is 2. The quantitative estimate of drug-likeness (QED) is 0.843. The molecule has 0 fully saturated rings. The highest BCUT2D eigenvalue weighted by Crippen LogP contribution is 2.25. The Labute approximate surface area is 112 Å². The summed E-state index contributed by atoms with van der Waals surface area (Å²) in [5.41, 5.74) is 9.40. The van der Waals surface area contributed by atoms with Gasteiger partial charge in [0.1, 0.15) is 11.6 Å². The van der Waals surface area contributed by atoms with Gasteiger partial charge in [0.15, 0.2) is 0 Å². The van der Waals surface area contributed by atoms with Crippen LogP contribution < -0.4 is 5.73 Å². The Morgan fingerprint density at radius 3 is 2.89 bits per heavy atom. The molecule has 0 radical (unpaired) electrons. The monoisotopic (exact) mass is 259 g/mol. The largest absolute Gasteiger partial charge is 0.398 e. The molecule has 1 aliphatic carbocycles. The first kappa shape index (κ1) is 12.2. The molecule has 1 aliphatic rings. The highest BCUT2D eigenvalue weighted by molar-refractivity contribution is 5.47. The first-order valence-corrected chi connectivity index (χ1v) is 6.74. The number of nitrogen functional groups attached to an aromatic ring is 1. The van der Waals surface area contributed by atoms with Gasteiger partial charge in [-0.05, 0) is 44.7 Å². The van der Waals surface area contributed by atoms with Gasteiger partial charge in [0.25, 0.3) is 0 Å². The molecular formula is C15H18FN3. The second-order valence-electron chi connectivity index (χ2n) is 5.15. The molecule has 0 saturated heterocycles. The van der Waals surface area contributed by atoms with Crippen LogP contribution in [-0.4, -0.2) is 9.55 Å². The molecule has 19 heavy (non-hydrogen) atoms. The summed E-state index contributed by atoms with van der Waals surface area (Å²) in [5.74, 6) is 0.715. The summed E-state index contributed by atoms with van der Waals surface area (Å²) in [6, 6.07) is 4.85. The molecule has 0 saturated carbocycles. The van der Waals surface area contributed by atoms with Crippen molar-refractivity contribution in [2.45, 2.75) is 39.2 Å². The molecule has 4 heteroatoms. The number of rotatable bonds is 2. The summed E-state index contributed by atoms with van der Waals surface area (Å²) < 4.78 is 16.0. The smallest absolute Gasteiger partial charge is 0.130 e. The zero-order valence-corrected chi connectivity index (χ0v) is 11.1. The molecule has 0 aliphatic heterocycles. The lowest BCUT2D eigenvalue weighted by Crippen LogP contribution is -2.12. The van der Waals surface area contributed by atoms with Crippen LogP contribution in [0.4, 0.5) is 10.1 Å². The Balaban J connectivity index is 2.02. The number of imidazole rings is 1. The van der Waals surface area contributed by atoms with Gasteiger partial charge in [0, 0.05) is 16.9 Å². The SMILES string of the molecule is Cc1nc2c(n1Cc1c(N)cccc1F)CCCC2. The summed E-state index contributed by atoms with van der Waals surface area (Å²) in [5, 5.41) is 0. The molecule has 100 valence electrons. The van der Waals surface area contributed by atoms with Crippen molar-refractivity contribution in [3.63, 3.8) is 0 Å². The zero-order valence-electron chi connectivity index (χ0n) is 11.1. The van der Waals surface area contributed by atoms with Crippen LogP contribution in [0.1, 0.15) is 35.6 Å². The predicted octanol–water partition coefficient (Wildman–Crippen LogP) is 2.84. The van der Waals surface area contributed by atoms with Crippen LogP contribution in [0.25, 0.3) is 0 Å². The van der Waals surface area contributed by atoms with Gasteiger partial charge in [-0.3, -0.25) is 0 Å². The maximum Gasteiger partial charge on any atom is 0.130 e. The lowest BCUT2D eigenvalue weighted by atomic mass is 10.0. The molecule has 1 aromatic carbocycles. The van der Waals surface area contributed by atoms with Crippen LogP contribution in [0.5, 0.6) is 0 Å². The topological polar surface area (TPSA) is 43.8 Å². The highest BCUT2D eigenvalue weighted by Gasteiger charge is 2.19. The molecule has 3 nitrogen and oxygen atoms in total. The molecule has 1 aromatic heterocycles. The predicted molar refractivity (Wildman–Crippen MR) is 73.5 cm³/mol. The molecule has 1 heterocycles. The van der Waals surface area contributed by atoms with Crippen LogP contribution >= 0.6 is 0 Å². The number of hydrogen-bond acceptors (Lipinski definition) is 2. The summed E-state index contributed by atoms with van der Waals surface area (Å²) in [7, 11) is 0. The van der Waals surface area contributed by atoms with Gasteiger partial charge in [-0.2, -0.15) is 0 Å². The van der Waals surface area contributed by atoms with E-state index in [0.29, 0.717) is 17.8 Å². The van der Waals surface area contributed by atoms with E-state index in [2.05, 4.69) is 9.55 Å². The Hall–Kier alpha value is -1.84. The van der Waals surface area contributed by atoms with Crippen molar-refractivity contribution in [2.24, 2.45) is 0 Å². The highest BCUT2D eigenvalue weighted by atomic mass is 19.1. The second-order valence-corrected chi connectivity index (χ2v) is 5.15. The maximum absolute atomic E-state index is 13.9. The number of aryl methyl sites for hydroxylation is 2. The van der Waals surface area contributed by atoms with Crippen LogP contribution in [0.2, 0.25) is 0 Å². The number of nitrogens with two attached hydrogens (primary N) is 1. The standard InChI is InChI=1S/C15H18FN3/c1-10-18-14-7-2-3-8-15(14)19(10)9-11-12(16)5-4-6-13(11)17/h4-6H,2-3,7-9,17H2,1H3. The molecule has 0 spiro atoms. The third kappa shape index (κ3) is 2.11. The van der Waals surface area contributed by atoms with Gasteiger partial charge in [-0.1, -0.05) is 6.07 Å². The second kappa shape index (κ2) is 4.68. The van der Waals surface area contributed by atoms with Gasteiger partial charge < -0.3 is 10.3 Å². The normalized spacial score (nSPS) is 14.4. The fourth-order valence-corrected chi connectivity index (χ4v) is 2.85. The fourth-order valence-electron chi connectivity index (χ4n) is 2.85. The summed E-state index contributed by atoms with van der Waals surface area (Å²) in [4.78, 5) is 4.61. The molecule has 0 bridgehead atoms. The minimum absolute atomic E-state index is 0.238. The third-order valence-electron chi connectivity index (χ3n) is 3.89. The van der Waals surface area contributed by atoms with Gasteiger partial charge in [0.05, 0.1) is 12.2 Å². The number of hydrogen-bond donors (Lipinski definition) is 1. The van der Waals surface area contributed by atoms with E-state index >= 15 is 0 Å². The van der Waals surface area contributed by atoms with E-state index < -0.39 is 0 Å². The van der Waals surface area contributed by atoms with Crippen LogP contribution in [0.15, 0.2) is 18.2 Å². The molecule has 0 unspecified atom stereocenters. The number of halogens is 1. The minimum atomic E-state index is -0.238. The van der Waals surface area contributed by atoms with E-state index in [1.54, 1.807) is 12.1 Å². The van der Waals surface area contributed by atoms with E-state index in [-0.39, 0.29) is 5.82 Å². The van der Waals surface area contributed by atoms with Crippen molar-refractivity contribution in [2.75, 3.05) is 5.73 Å². The number of fused-ring (bicyclic) bond motifs is 1. The lowest BCUT2D eigenvalue weighted by molar-refractivity contribution is 0.583. The number of anilines is 1. The van der Waals surface area contributed by atoms with Crippen molar-refractivity contribution in [1.29, 1.82) is 0 Å². The van der Waals surface area contributed by atoms with Gasteiger partial charge in [-0.15, -0.1) is 0 Å². The zero-order chi connectivity index (χ0) is 13.4. The molecule has 3 rings (SSSR count). The Morgan fingerprint density at radius 2 is 2.11 bits per heavy atom. The van der Waals surface area contributed by atoms with Crippen molar-refractivity contribution in [1.82, 2.24) is 9.55 Å². The summed E-state index contributed by atoms with van der Waals surface area (Å²) >= 11 is 0. The van der Waals surface area contributed by atoms with E-state index in [1.807, 2.05) is 6.92 Å². The van der Waals surface area contributed by atoms with Crippen molar-refractivity contribution in [3.05, 3.63) is 46.8 Å². The summed E-state index contributed by atoms with van der Waals surface area (Å²) in [6.07, 6.45) is 4.45. The molecule has 0 amide bonds. The van der Waals surface area contributed by atoms with E-state index in [0.717, 1.165) is 18.7 Å². The third-order valence-corrected chi connectivity index (χ3v) is 3.89. The van der Waals surface area contributed by atoms with Crippen molar-refractivity contribution < 1.29 is 4.39 Å². The van der Waals surface area contributed by atoms with Crippen LogP contribution in [0, 0.1) is 12.7 Å². The van der Waals surface area contributed by atoms with E-state index in [1.165, 1.54) is 30.3 Å². The van der Waals surface area contributed by atoms with E-state index in [9.17, 15) is 4.39 Å². The first-order valence-electron chi connectivity index (χ1n) is 6.74. The first-order chi connectivity index (χ1) is 9.16. The van der Waals surface area contributed by atoms with Crippen molar-refractivity contribution >= 4 is 5.69 Å². The lowest BCUT2D eigenvalue weighted by Gasteiger charge is -2.16. The maximum atomic E-state index is 13.9. The van der Waals surface area contributed by atoms with Gasteiger partial charge in [0.2, 0.25) is 0 Å². The molecule has 2 N–H and O–H groups in total. The number of benzene rings is 1. The fraction of sp³-hybridized carbons (Fsp3) is 0.400. The van der Waals surface area contributed by atoms with Crippen LogP contribution in [0.3, 0.4) is 0 Å². The Kier molecular flexibility index (Phi) is 3.01. The molecule has 2 aromatic rings. The number of nitrogens with zero attached hydrogens (tertiary/aromatic N) is 2. The average molecular weight is 259 g/mol. The molecule has 0 atom stereocenters. The molecular weight excluding hydrogens is 241 g/mol. The van der Waals surface area contributed by atoms with Gasteiger partial charge in [-0.25, -0.2) is 9.37 Å². The van der Waals surface area contributed by atoms with Crippen LogP contribution in [-0.2, 0) is 19.4 Å².